The molecule has 0 aliphatic carbocycles. The Morgan fingerprint density at radius 2 is 1.24 bits per heavy atom. The van der Waals surface area contributed by atoms with Gasteiger partial charge >= 0.3 is 0 Å². The normalized spacial score (nSPS) is 16.5. The molecule has 0 N–H and O–H groups in total. The Morgan fingerprint density at radius 3 is 1.99 bits per heavy atom. The van der Waals surface area contributed by atoms with Crippen LogP contribution in [0.15, 0.2) is 162 Å². The van der Waals surface area contributed by atoms with E-state index in [4.69, 9.17) is 29.1 Å². The van der Waals surface area contributed by atoms with Gasteiger partial charge in [0.1, 0.15) is 11.1 Å². The minimum atomic E-state index is -2.62. The molecule has 4 heterocycles. The van der Waals surface area contributed by atoms with Crippen LogP contribution in [0.2, 0.25) is 0 Å². The molecule has 68 heavy (non-hydrogen) atoms. The van der Waals surface area contributed by atoms with Crippen molar-refractivity contribution in [1.29, 1.82) is 0 Å². The van der Waals surface area contributed by atoms with Crippen LogP contribution >= 0.6 is 0 Å². The molecule has 4 aromatic heterocycles. The van der Waals surface area contributed by atoms with E-state index in [0.717, 1.165) is 16.5 Å². The van der Waals surface area contributed by atoms with Crippen LogP contribution in [0.1, 0.15) is 84.5 Å². The van der Waals surface area contributed by atoms with Crippen LogP contribution in [0.4, 0.5) is 0 Å². The summed E-state index contributed by atoms with van der Waals surface area (Å²) in [6.07, 6.45) is 2.48. The molecule has 0 spiro atoms. The van der Waals surface area contributed by atoms with E-state index in [1.165, 1.54) is 48.3 Å². The molecule has 0 unspecified atom stereocenters. The molecule has 7 aromatic carbocycles. The Labute approximate surface area is 438 Å². The summed E-state index contributed by atoms with van der Waals surface area (Å²) in [5, 5.41) is 3.56. The SMILES string of the molecule is [2H]C([2H])([2H])c1c[c-]c(-c2cc(-c3ccccc3C([2H])([2H])[2H])c(C([2H])([2H])[2H])cn2)cc1.[2H]C([2H])([2H])c1ccc2ccc3c4cc[c-]c(-c5cc(-c6cc7ccc(-c8ccc(C(C)(C)C)cc8)cc7cc6C([2H])([2H])[2H])c(C([2H])([2H])[2H])cn5)c4oc3c2n1.[Ir]. The van der Waals surface area contributed by atoms with Crippen LogP contribution in [0.25, 0.3) is 99.5 Å². The molecule has 0 fully saturated rings. The first-order valence-corrected chi connectivity index (χ1v) is 21.6. The fraction of sp³-hybridized carbons (Fsp3) is 0.159. The molecule has 0 aliphatic heterocycles. The monoisotopic (exact) mass is 1080 g/mol. The number of hydrogen-bond donors (Lipinski definition) is 0. The van der Waals surface area contributed by atoms with Gasteiger partial charge in [-0.2, -0.15) is 0 Å². The predicted octanol–water partition coefficient (Wildman–Crippen LogP) is 16.8. The van der Waals surface area contributed by atoms with E-state index in [-0.39, 0.29) is 81.3 Å². The first-order chi connectivity index (χ1) is 39.6. The zero-order chi connectivity index (χ0) is 61.6. The van der Waals surface area contributed by atoms with Gasteiger partial charge in [0.2, 0.25) is 0 Å². The number of hydrogen-bond acceptors (Lipinski definition) is 4. The second-order valence-electron chi connectivity index (χ2n) is 17.5. The quantitative estimate of drug-likeness (QED) is 0.161. The molecule has 0 aliphatic rings. The summed E-state index contributed by atoms with van der Waals surface area (Å²) < 4.78 is 150. The first kappa shape index (κ1) is 29.0. The third-order valence-corrected chi connectivity index (χ3v) is 12.0. The fourth-order valence-electron chi connectivity index (χ4n) is 8.38. The number of pyridine rings is 3. The first-order valence-electron chi connectivity index (χ1n) is 30.6. The van der Waals surface area contributed by atoms with Crippen LogP contribution in [-0.2, 0) is 25.5 Å². The van der Waals surface area contributed by atoms with Gasteiger partial charge in [-0.15, -0.1) is 53.6 Å². The van der Waals surface area contributed by atoms with E-state index in [2.05, 4.69) is 72.1 Å². The van der Waals surface area contributed by atoms with Gasteiger partial charge in [0.15, 0.2) is 0 Å². The second kappa shape index (κ2) is 18.6. The molecule has 11 aromatic rings. The third kappa shape index (κ3) is 8.93. The van der Waals surface area contributed by atoms with Crippen molar-refractivity contribution in [3.8, 4) is 55.9 Å². The maximum atomic E-state index is 8.59. The van der Waals surface area contributed by atoms with Crippen molar-refractivity contribution in [3.63, 3.8) is 0 Å². The van der Waals surface area contributed by atoms with Crippen molar-refractivity contribution in [1.82, 2.24) is 15.0 Å². The Hall–Kier alpha value is -7.04. The van der Waals surface area contributed by atoms with Crippen molar-refractivity contribution in [2.75, 3.05) is 0 Å². The molecular formula is C63H53IrN3O-2. The van der Waals surface area contributed by atoms with Crippen molar-refractivity contribution in [2.24, 2.45) is 0 Å². The summed E-state index contributed by atoms with van der Waals surface area (Å²) in [6, 6.07) is 47.7. The number of fused-ring (bicyclic) bond motifs is 6. The Bertz CT molecular complexity index is 4360. The fourth-order valence-corrected chi connectivity index (χ4v) is 8.38. The molecule has 0 saturated carbocycles. The molecule has 0 saturated heterocycles. The number of nitrogens with zero attached hydrogens (tertiary/aromatic N) is 3. The summed E-state index contributed by atoms with van der Waals surface area (Å²) >= 11 is 0. The van der Waals surface area contributed by atoms with Gasteiger partial charge in [0.25, 0.3) is 0 Å². The van der Waals surface area contributed by atoms with Gasteiger partial charge in [-0.3, -0.25) is 0 Å². The summed E-state index contributed by atoms with van der Waals surface area (Å²) in [5.74, 6) is 0. The van der Waals surface area contributed by atoms with Crippen molar-refractivity contribution >= 4 is 43.6 Å². The summed E-state index contributed by atoms with van der Waals surface area (Å²) in [6.45, 7) is -8.34. The van der Waals surface area contributed by atoms with Crippen LogP contribution < -0.4 is 0 Å². The van der Waals surface area contributed by atoms with E-state index >= 15 is 0 Å². The third-order valence-electron chi connectivity index (χ3n) is 12.0. The molecule has 11 rings (SSSR count). The van der Waals surface area contributed by atoms with E-state index in [1.54, 1.807) is 54.6 Å². The summed E-state index contributed by atoms with van der Waals surface area (Å²) in [7, 11) is 0. The van der Waals surface area contributed by atoms with Gasteiger partial charge in [-0.25, -0.2) is 4.98 Å². The summed E-state index contributed by atoms with van der Waals surface area (Å²) in [4.78, 5) is 13.2. The minimum Gasteiger partial charge on any atom is -0.498 e. The topological polar surface area (TPSA) is 51.8 Å². The molecular weight excluding hydrogens is 1010 g/mol. The number of benzene rings is 7. The van der Waals surface area contributed by atoms with Crippen molar-refractivity contribution in [2.45, 2.75) is 67.3 Å². The summed E-state index contributed by atoms with van der Waals surface area (Å²) in [5.41, 5.74) is 6.80. The maximum absolute atomic E-state index is 8.59. The van der Waals surface area contributed by atoms with Gasteiger partial charge in [0, 0.05) is 73.6 Å². The molecule has 1 radical (unpaired) electrons. The average Bonchev–Trinajstić information content (AvgIpc) is 1.44. The van der Waals surface area contributed by atoms with E-state index in [9.17, 15) is 0 Å². The minimum absolute atomic E-state index is 0. The number of aryl methyl sites for hydroxylation is 6. The van der Waals surface area contributed by atoms with Crippen LogP contribution in [0.5, 0.6) is 0 Å². The van der Waals surface area contributed by atoms with Crippen LogP contribution in [0.3, 0.4) is 0 Å². The van der Waals surface area contributed by atoms with Crippen molar-refractivity contribution < 1.29 is 49.2 Å². The Balaban J connectivity index is 0.000000242. The zero-order valence-corrected chi connectivity index (χ0v) is 39.5. The number of furan rings is 1. The molecule has 0 amide bonds. The second-order valence-corrected chi connectivity index (χ2v) is 17.5. The number of rotatable bonds is 5. The van der Waals surface area contributed by atoms with Gasteiger partial charge in [-0.05, 0) is 141 Å². The molecule has 4 nitrogen and oxygen atoms in total. The standard InChI is InChI=1S/C43H35N2O.C20H18N.Ir/c1-25-20-32-21-30(28-14-17-33(18-15-28)43(4,5)6)12-13-31(32)22-37(25)38-23-39(44-24-26(38)2)36-9-7-8-34-35-19-16-29-11-10-27(3)45-40(29)42(35)46-41(34)36;1-14-8-10-17(11-9-14)20-12-19(16(3)13-21-20)18-7-5-4-6-15(18)2;/h7-8,10-24H,1-6H3;4-10,12-13H,1-3H3;/q2*-1;/i2*1D3,2D3,3D3;. The Kier molecular flexibility index (Phi) is 7.91. The van der Waals surface area contributed by atoms with Crippen LogP contribution in [-0.4, -0.2) is 15.0 Å². The smallest absolute Gasteiger partial charge is 0.147 e. The average molecular weight is 1080 g/mol. The molecule has 0 atom stereocenters. The largest absolute Gasteiger partial charge is 0.498 e. The number of aromatic nitrogens is 3. The van der Waals surface area contributed by atoms with E-state index in [0.29, 0.717) is 60.7 Å². The predicted molar refractivity (Wildman–Crippen MR) is 281 cm³/mol. The van der Waals surface area contributed by atoms with Crippen LogP contribution in [0, 0.1) is 53.2 Å². The van der Waals surface area contributed by atoms with E-state index < -0.39 is 41.1 Å². The Morgan fingerprint density at radius 1 is 0.529 bits per heavy atom. The molecule has 337 valence electrons. The molecule has 5 heteroatoms. The zero-order valence-electron chi connectivity index (χ0n) is 55.1. The maximum Gasteiger partial charge on any atom is 0.147 e. The molecule has 0 bridgehead atoms. The van der Waals surface area contributed by atoms with Gasteiger partial charge in [-0.1, -0.05) is 136 Å². The van der Waals surface area contributed by atoms with E-state index in [1.807, 2.05) is 36.4 Å². The van der Waals surface area contributed by atoms with Crippen molar-refractivity contribution in [3.05, 3.63) is 209 Å². The van der Waals surface area contributed by atoms with Gasteiger partial charge in [0.05, 0.1) is 5.58 Å². The van der Waals surface area contributed by atoms with Gasteiger partial charge < -0.3 is 14.4 Å².